The van der Waals surface area contributed by atoms with Crippen LogP contribution in [0.25, 0.3) is 0 Å². The van der Waals surface area contributed by atoms with Crippen LogP contribution >= 0.6 is 11.8 Å². The molecule has 0 fully saturated rings. The van der Waals surface area contributed by atoms with Gasteiger partial charge in [0.25, 0.3) is 0 Å². The predicted octanol–water partition coefficient (Wildman–Crippen LogP) is 0.985. The summed E-state index contributed by atoms with van der Waals surface area (Å²) < 4.78 is 0. The van der Waals surface area contributed by atoms with Crippen LogP contribution in [0.5, 0.6) is 0 Å². The summed E-state index contributed by atoms with van der Waals surface area (Å²) in [5, 5.41) is 4.71. The van der Waals surface area contributed by atoms with E-state index in [4.69, 9.17) is 0 Å². The summed E-state index contributed by atoms with van der Waals surface area (Å²) in [5.41, 5.74) is 0. The molecule has 0 radical (unpaired) electrons. The molecule has 3 nitrogen and oxygen atoms in total. The van der Waals surface area contributed by atoms with Gasteiger partial charge < -0.3 is 5.32 Å². The van der Waals surface area contributed by atoms with Crippen LogP contribution in [0.15, 0.2) is 17.0 Å². The first-order chi connectivity index (χ1) is 4.70. The Morgan fingerprint density at radius 1 is 1.80 bits per heavy atom. The van der Waals surface area contributed by atoms with Crippen molar-refractivity contribution in [2.24, 2.45) is 4.99 Å². The van der Waals surface area contributed by atoms with E-state index in [1.54, 1.807) is 12.5 Å². The molecule has 0 atom stereocenters. The predicted molar refractivity (Wildman–Crippen MR) is 45.0 cm³/mol. The molecule has 0 aliphatic heterocycles. The lowest BCUT2D eigenvalue weighted by Gasteiger charge is -1.99. The van der Waals surface area contributed by atoms with Crippen LogP contribution in [-0.4, -0.2) is 18.1 Å². The van der Waals surface area contributed by atoms with Gasteiger partial charge in [-0.25, -0.2) is 0 Å². The van der Waals surface area contributed by atoms with E-state index in [0.29, 0.717) is 5.17 Å². The van der Waals surface area contributed by atoms with E-state index in [9.17, 15) is 4.79 Å². The molecular formula is C6H10N2OS. The Morgan fingerprint density at radius 3 is 2.70 bits per heavy atom. The van der Waals surface area contributed by atoms with Gasteiger partial charge in [-0.15, -0.1) is 0 Å². The molecule has 56 valence electrons. The van der Waals surface area contributed by atoms with E-state index in [-0.39, 0.29) is 5.91 Å². The quantitative estimate of drug-likeness (QED) is 0.456. The van der Waals surface area contributed by atoms with Crippen LogP contribution in [0.1, 0.15) is 6.92 Å². The maximum Gasteiger partial charge on any atom is 0.222 e. The van der Waals surface area contributed by atoms with Gasteiger partial charge in [-0.2, -0.15) is 0 Å². The molecule has 1 N–H and O–H groups in total. The third kappa shape index (κ3) is 4.14. The number of amidine groups is 1. The van der Waals surface area contributed by atoms with E-state index in [2.05, 4.69) is 16.9 Å². The largest absolute Gasteiger partial charge is 0.305 e. The van der Waals surface area contributed by atoms with Crippen LogP contribution in [0.4, 0.5) is 0 Å². The molecular weight excluding hydrogens is 148 g/mol. The van der Waals surface area contributed by atoms with E-state index < -0.39 is 0 Å². The summed E-state index contributed by atoms with van der Waals surface area (Å²) in [5.74, 6) is -0.116. The number of thioether (sulfide) groups is 1. The number of carbonyl (C=O) groups excluding carboxylic acids is 1. The minimum absolute atomic E-state index is 0.116. The molecule has 0 heterocycles. The number of amides is 1. The minimum atomic E-state index is -0.116. The molecule has 0 aromatic rings. The summed E-state index contributed by atoms with van der Waals surface area (Å²) in [4.78, 5) is 14.2. The highest BCUT2D eigenvalue weighted by Gasteiger charge is 1.96. The van der Waals surface area contributed by atoms with Crippen molar-refractivity contribution in [3.63, 3.8) is 0 Å². The lowest BCUT2D eigenvalue weighted by Crippen LogP contribution is -2.24. The number of aliphatic imine (C=N–C) groups is 1. The Balaban J connectivity index is 3.84. The van der Waals surface area contributed by atoms with Gasteiger partial charge in [0, 0.05) is 14.0 Å². The van der Waals surface area contributed by atoms with Crippen LogP contribution in [0.2, 0.25) is 0 Å². The van der Waals surface area contributed by atoms with Crippen LogP contribution in [0, 0.1) is 0 Å². The normalized spacial score (nSPS) is 10.8. The van der Waals surface area contributed by atoms with Gasteiger partial charge >= 0.3 is 0 Å². The number of hydrogen-bond donors (Lipinski definition) is 1. The van der Waals surface area contributed by atoms with E-state index in [0.717, 1.165) is 0 Å². The van der Waals surface area contributed by atoms with E-state index in [1.165, 1.54) is 18.7 Å². The molecule has 0 aliphatic carbocycles. The van der Waals surface area contributed by atoms with Gasteiger partial charge in [0.05, 0.1) is 0 Å². The summed E-state index contributed by atoms with van der Waals surface area (Å²) in [6.45, 7) is 4.93. The number of rotatable bonds is 1. The van der Waals surface area contributed by atoms with Crippen molar-refractivity contribution in [2.45, 2.75) is 6.92 Å². The summed E-state index contributed by atoms with van der Waals surface area (Å²) in [6, 6.07) is 0. The number of nitrogens with zero attached hydrogens (tertiary/aromatic N) is 1. The lowest BCUT2D eigenvalue weighted by atomic mass is 10.7. The van der Waals surface area contributed by atoms with Gasteiger partial charge in [-0.1, -0.05) is 18.3 Å². The zero-order chi connectivity index (χ0) is 7.98. The van der Waals surface area contributed by atoms with Gasteiger partial charge in [0.2, 0.25) is 5.91 Å². The van der Waals surface area contributed by atoms with Crippen molar-refractivity contribution in [3.8, 4) is 0 Å². The third-order valence-corrected chi connectivity index (χ3v) is 1.36. The smallest absolute Gasteiger partial charge is 0.222 e. The van der Waals surface area contributed by atoms with Crippen LogP contribution < -0.4 is 5.32 Å². The fourth-order valence-electron chi connectivity index (χ4n) is 0.368. The Bertz CT molecular complexity index is 165. The highest BCUT2D eigenvalue weighted by Crippen LogP contribution is 2.00. The third-order valence-electron chi connectivity index (χ3n) is 0.681. The Kier molecular flexibility index (Phi) is 4.66. The highest BCUT2D eigenvalue weighted by atomic mass is 32.2. The zero-order valence-corrected chi connectivity index (χ0v) is 6.86. The second kappa shape index (κ2) is 5.05. The molecule has 1 amide bonds. The van der Waals surface area contributed by atoms with Crippen LogP contribution in [-0.2, 0) is 4.79 Å². The van der Waals surface area contributed by atoms with E-state index in [1.807, 2.05) is 0 Å². The van der Waals surface area contributed by atoms with Crippen molar-refractivity contribution in [3.05, 3.63) is 12.0 Å². The van der Waals surface area contributed by atoms with Gasteiger partial charge in [-0.05, 0) is 5.41 Å². The van der Waals surface area contributed by atoms with Crippen molar-refractivity contribution in [1.82, 2.24) is 5.32 Å². The Labute approximate surface area is 64.6 Å². The molecule has 0 saturated carbocycles. The number of hydrogen-bond acceptors (Lipinski definition) is 3. The number of nitrogens with one attached hydrogen (secondary N) is 1. The summed E-state index contributed by atoms with van der Waals surface area (Å²) in [7, 11) is 1.61. The first kappa shape index (κ1) is 9.23. The van der Waals surface area contributed by atoms with Crippen LogP contribution in [0.3, 0.4) is 0 Å². The number of carbonyl (C=O) groups is 1. The Morgan fingerprint density at radius 2 is 2.40 bits per heavy atom. The fourth-order valence-corrected chi connectivity index (χ4v) is 0.834. The molecule has 0 saturated heterocycles. The molecule has 0 aromatic heterocycles. The molecule has 0 spiro atoms. The lowest BCUT2D eigenvalue weighted by molar-refractivity contribution is -0.117. The first-order valence-electron chi connectivity index (χ1n) is 2.72. The minimum Gasteiger partial charge on any atom is -0.305 e. The molecule has 0 aliphatic rings. The van der Waals surface area contributed by atoms with Gasteiger partial charge in [-0.3, -0.25) is 9.79 Å². The van der Waals surface area contributed by atoms with E-state index >= 15 is 0 Å². The molecule has 4 heteroatoms. The van der Waals surface area contributed by atoms with Crippen molar-refractivity contribution >= 4 is 22.8 Å². The highest BCUT2D eigenvalue weighted by molar-refractivity contribution is 8.16. The molecule has 0 aromatic carbocycles. The van der Waals surface area contributed by atoms with Crippen molar-refractivity contribution in [1.29, 1.82) is 0 Å². The maximum absolute atomic E-state index is 10.4. The second-order valence-electron chi connectivity index (χ2n) is 1.49. The topological polar surface area (TPSA) is 41.5 Å². The maximum atomic E-state index is 10.4. The van der Waals surface area contributed by atoms with Crippen molar-refractivity contribution in [2.75, 3.05) is 7.05 Å². The SMILES string of the molecule is C=CSC(=NC)NC(C)=O. The standard InChI is InChI=1S/C6H10N2OS/c1-4-10-6(7-3)8-5(2)9/h4H,1H2,2-3H3,(H,7,8,9). The molecule has 0 bridgehead atoms. The summed E-state index contributed by atoms with van der Waals surface area (Å²) >= 11 is 1.29. The average Bonchev–Trinajstić information content (AvgIpc) is 1.86. The second-order valence-corrected chi connectivity index (χ2v) is 2.45. The molecule has 10 heavy (non-hydrogen) atoms. The Hall–Kier alpha value is -0.770. The van der Waals surface area contributed by atoms with Crippen molar-refractivity contribution < 1.29 is 4.79 Å². The monoisotopic (exact) mass is 158 g/mol. The summed E-state index contributed by atoms with van der Waals surface area (Å²) in [6.07, 6.45) is 0. The first-order valence-corrected chi connectivity index (χ1v) is 3.60. The zero-order valence-electron chi connectivity index (χ0n) is 6.05. The molecule has 0 rings (SSSR count). The molecule has 0 unspecified atom stereocenters. The fraction of sp³-hybridized carbons (Fsp3) is 0.333. The van der Waals surface area contributed by atoms with Gasteiger partial charge in [0.15, 0.2) is 5.17 Å². The van der Waals surface area contributed by atoms with Gasteiger partial charge in [0.1, 0.15) is 0 Å². The average molecular weight is 158 g/mol.